The molecule has 4 aliphatic rings. The summed E-state index contributed by atoms with van der Waals surface area (Å²) in [7, 11) is 1.17. The Bertz CT molecular complexity index is 710. The highest BCUT2D eigenvalue weighted by Gasteiger charge is 2.62. The summed E-state index contributed by atoms with van der Waals surface area (Å²) in [5.74, 6) is 1.18. The van der Waals surface area contributed by atoms with Crippen molar-refractivity contribution < 1.29 is 23.0 Å². The Labute approximate surface area is 184 Å². The van der Waals surface area contributed by atoms with E-state index < -0.39 is 11.8 Å². The molecule has 31 heavy (non-hydrogen) atoms. The number of ether oxygens (including phenoxy) is 1. The van der Waals surface area contributed by atoms with E-state index in [0.717, 1.165) is 45.1 Å². The quantitative estimate of drug-likeness (QED) is 0.599. The third kappa shape index (κ3) is 4.49. The van der Waals surface area contributed by atoms with Crippen LogP contribution in [0.3, 0.4) is 0 Å². The van der Waals surface area contributed by atoms with Crippen molar-refractivity contribution in [2.75, 3.05) is 26.7 Å². The van der Waals surface area contributed by atoms with Gasteiger partial charge < -0.3 is 9.84 Å². The molecule has 1 heterocycles. The number of hydrogen-bond acceptors (Lipinski definition) is 3. The smallest absolute Gasteiger partial charge is 0.393 e. The highest BCUT2D eigenvalue weighted by atomic mass is 19.4. The van der Waals surface area contributed by atoms with Crippen molar-refractivity contribution in [3.8, 4) is 0 Å². The van der Waals surface area contributed by atoms with Crippen molar-refractivity contribution in [1.82, 2.24) is 4.90 Å². The Morgan fingerprint density at radius 2 is 1.90 bits per heavy atom. The van der Waals surface area contributed by atoms with Crippen LogP contribution in [0.2, 0.25) is 0 Å². The minimum Gasteiger partial charge on any atom is -0.393 e. The molecule has 0 aromatic carbocycles. The molecule has 4 fully saturated rings. The molecule has 1 aliphatic heterocycles. The van der Waals surface area contributed by atoms with Gasteiger partial charge in [-0.2, -0.15) is 13.2 Å². The molecule has 0 spiro atoms. The lowest BCUT2D eigenvalue weighted by Crippen LogP contribution is -2.70. The van der Waals surface area contributed by atoms with Gasteiger partial charge in [-0.25, -0.2) is 0 Å². The van der Waals surface area contributed by atoms with Gasteiger partial charge in [0.15, 0.2) is 5.60 Å². The number of allylic oxidation sites excluding steroid dienone is 3. The number of hydrogen-bond donors (Lipinski definition) is 1. The van der Waals surface area contributed by atoms with E-state index in [1.807, 2.05) is 4.90 Å². The van der Waals surface area contributed by atoms with Crippen LogP contribution >= 0.6 is 0 Å². The number of aliphatic hydroxyl groups is 1. The van der Waals surface area contributed by atoms with Gasteiger partial charge in [0.05, 0.1) is 6.10 Å². The van der Waals surface area contributed by atoms with Crippen LogP contribution in [-0.2, 0) is 4.74 Å². The van der Waals surface area contributed by atoms with E-state index in [-0.39, 0.29) is 24.6 Å². The van der Waals surface area contributed by atoms with Crippen LogP contribution in [-0.4, -0.2) is 54.6 Å². The summed E-state index contributed by atoms with van der Waals surface area (Å²) in [4.78, 5) is 1.91. The first-order valence-electron chi connectivity index (χ1n) is 12.1. The molecule has 3 nitrogen and oxygen atoms in total. The van der Waals surface area contributed by atoms with Crippen LogP contribution in [0.25, 0.3) is 0 Å². The normalized spacial score (nSPS) is 39.0. The minimum atomic E-state index is -4.30. The zero-order chi connectivity index (χ0) is 22.3. The molecule has 3 saturated carbocycles. The van der Waals surface area contributed by atoms with E-state index in [0.29, 0.717) is 11.8 Å². The SMILES string of the molecule is COC1(C(F)(F)F)CN(CC[C@H]2CCC3/C(=C/C=C4/CCCC(O)C4)CCCC32C)C1. The van der Waals surface area contributed by atoms with E-state index in [9.17, 15) is 18.3 Å². The zero-order valence-electron chi connectivity index (χ0n) is 19.0. The number of nitrogens with zero attached hydrogens (tertiary/aromatic N) is 1. The second-order valence-corrected chi connectivity index (χ2v) is 10.7. The van der Waals surface area contributed by atoms with Crippen molar-refractivity contribution in [2.45, 2.75) is 89.0 Å². The fourth-order valence-electron chi connectivity index (χ4n) is 6.86. The Morgan fingerprint density at radius 3 is 2.58 bits per heavy atom. The van der Waals surface area contributed by atoms with Crippen LogP contribution in [0, 0.1) is 17.3 Å². The summed E-state index contributed by atoms with van der Waals surface area (Å²) in [6.45, 7) is 3.08. The van der Waals surface area contributed by atoms with Crippen molar-refractivity contribution in [2.24, 2.45) is 17.3 Å². The average molecular weight is 442 g/mol. The molecule has 0 aromatic heterocycles. The van der Waals surface area contributed by atoms with Crippen LogP contribution in [0.1, 0.15) is 71.1 Å². The molecular formula is C25H38F3NO2. The van der Waals surface area contributed by atoms with Gasteiger partial charge in [0.25, 0.3) is 0 Å². The van der Waals surface area contributed by atoms with Gasteiger partial charge in [-0.3, -0.25) is 4.90 Å². The van der Waals surface area contributed by atoms with Gasteiger partial charge in [0.1, 0.15) is 0 Å². The lowest BCUT2D eigenvalue weighted by molar-refractivity contribution is -0.311. The predicted octanol–water partition coefficient (Wildman–Crippen LogP) is 5.64. The van der Waals surface area contributed by atoms with E-state index in [1.54, 1.807) is 5.57 Å². The molecule has 4 atom stereocenters. The number of alkyl halides is 3. The number of likely N-dealkylation sites (tertiary alicyclic amines) is 1. The van der Waals surface area contributed by atoms with Gasteiger partial charge >= 0.3 is 6.18 Å². The minimum absolute atomic E-state index is 0.0373. The molecule has 3 unspecified atom stereocenters. The molecule has 0 aromatic rings. The van der Waals surface area contributed by atoms with E-state index in [2.05, 4.69) is 19.1 Å². The number of rotatable bonds is 5. The van der Waals surface area contributed by atoms with Gasteiger partial charge in [0, 0.05) is 20.2 Å². The third-order valence-electron chi connectivity index (χ3n) is 8.89. The van der Waals surface area contributed by atoms with Crippen molar-refractivity contribution in [1.29, 1.82) is 0 Å². The van der Waals surface area contributed by atoms with Crippen LogP contribution in [0.4, 0.5) is 13.2 Å². The molecule has 3 aliphatic carbocycles. The number of halogens is 3. The second kappa shape index (κ2) is 8.83. The van der Waals surface area contributed by atoms with Gasteiger partial charge in [0.2, 0.25) is 0 Å². The summed E-state index contributed by atoms with van der Waals surface area (Å²) >= 11 is 0. The van der Waals surface area contributed by atoms with Gasteiger partial charge in [-0.1, -0.05) is 30.2 Å². The summed E-state index contributed by atoms with van der Waals surface area (Å²) in [6.07, 6.45) is 11.0. The molecule has 176 valence electrons. The molecule has 4 rings (SSSR count). The monoisotopic (exact) mass is 441 g/mol. The molecule has 1 saturated heterocycles. The molecule has 0 bridgehead atoms. The molecule has 1 N–H and O–H groups in total. The number of fused-ring (bicyclic) bond motifs is 1. The fraction of sp³-hybridized carbons (Fsp3) is 0.840. The lowest BCUT2D eigenvalue weighted by atomic mass is 9.63. The summed E-state index contributed by atoms with van der Waals surface area (Å²) in [5, 5.41) is 9.93. The maximum Gasteiger partial charge on any atom is 0.419 e. The zero-order valence-corrected chi connectivity index (χ0v) is 19.0. The second-order valence-electron chi connectivity index (χ2n) is 10.7. The topological polar surface area (TPSA) is 32.7 Å². The van der Waals surface area contributed by atoms with Crippen molar-refractivity contribution in [3.05, 3.63) is 23.3 Å². The molecule has 0 radical (unpaired) electrons. The Kier molecular flexibility index (Phi) is 6.64. The maximum absolute atomic E-state index is 13.2. The Morgan fingerprint density at radius 1 is 1.13 bits per heavy atom. The summed E-state index contributed by atoms with van der Waals surface area (Å²) in [6, 6.07) is 0. The van der Waals surface area contributed by atoms with Gasteiger partial charge in [-0.05, 0) is 88.0 Å². The Hall–Kier alpha value is -0.850. The van der Waals surface area contributed by atoms with E-state index >= 15 is 0 Å². The molecule has 0 amide bonds. The highest BCUT2D eigenvalue weighted by molar-refractivity contribution is 5.25. The Balaban J connectivity index is 1.35. The standard InChI is InChI=1S/C25H38F3NO2/c1-23-13-4-6-19(9-8-18-5-3-7-21(30)15-18)22(23)11-10-20(23)12-14-29-16-24(17-29,31-2)25(26,27)28/h8-9,20-22,30H,3-7,10-17H2,1-2H3/b18-8-,19-9+/t20-,21?,22?,23?/m1/s1. The largest absolute Gasteiger partial charge is 0.419 e. The predicted molar refractivity (Wildman–Crippen MR) is 116 cm³/mol. The molecular weight excluding hydrogens is 403 g/mol. The summed E-state index contributed by atoms with van der Waals surface area (Å²) < 4.78 is 44.6. The third-order valence-corrected chi connectivity index (χ3v) is 8.89. The van der Waals surface area contributed by atoms with Crippen LogP contribution in [0.15, 0.2) is 23.3 Å². The highest BCUT2D eigenvalue weighted by Crippen LogP contribution is 2.58. The maximum atomic E-state index is 13.2. The van der Waals surface area contributed by atoms with Gasteiger partial charge in [-0.15, -0.1) is 0 Å². The number of aliphatic hydroxyl groups excluding tert-OH is 1. The first-order chi connectivity index (χ1) is 14.7. The first kappa shape index (κ1) is 23.3. The first-order valence-corrected chi connectivity index (χ1v) is 12.1. The number of methoxy groups -OCH3 is 1. The molecule has 6 heteroatoms. The van der Waals surface area contributed by atoms with E-state index in [1.165, 1.54) is 38.4 Å². The summed E-state index contributed by atoms with van der Waals surface area (Å²) in [5.41, 5.74) is 1.23. The fourth-order valence-corrected chi connectivity index (χ4v) is 6.86. The van der Waals surface area contributed by atoms with Crippen LogP contribution in [0.5, 0.6) is 0 Å². The van der Waals surface area contributed by atoms with Crippen LogP contribution < -0.4 is 0 Å². The van der Waals surface area contributed by atoms with Crippen molar-refractivity contribution in [3.63, 3.8) is 0 Å². The van der Waals surface area contributed by atoms with E-state index in [4.69, 9.17) is 4.74 Å². The lowest BCUT2D eigenvalue weighted by Gasteiger charge is -2.50. The average Bonchev–Trinajstić information content (AvgIpc) is 3.01. The van der Waals surface area contributed by atoms with Crippen molar-refractivity contribution >= 4 is 0 Å².